The Labute approximate surface area is 163 Å². The Balaban J connectivity index is 1.58. The molecule has 1 aliphatic heterocycles. The molecule has 1 fully saturated rings. The lowest BCUT2D eigenvalue weighted by Gasteiger charge is -2.26. The van der Waals surface area contributed by atoms with Gasteiger partial charge < -0.3 is 4.90 Å². The van der Waals surface area contributed by atoms with Gasteiger partial charge in [-0.25, -0.2) is 18.1 Å². The first-order valence-electron chi connectivity index (χ1n) is 9.34. The molecule has 146 valence electrons. The van der Waals surface area contributed by atoms with E-state index < -0.39 is 9.84 Å². The molecule has 8 heteroatoms. The number of carbonyl (C=O) groups is 1. The van der Waals surface area contributed by atoms with Crippen LogP contribution in [0.25, 0.3) is 11.0 Å². The van der Waals surface area contributed by atoms with Crippen LogP contribution in [0.4, 0.5) is 0 Å². The van der Waals surface area contributed by atoms with E-state index in [1.54, 1.807) is 28.0 Å². The van der Waals surface area contributed by atoms with E-state index in [4.69, 9.17) is 0 Å². The second-order valence-electron chi connectivity index (χ2n) is 7.07. The van der Waals surface area contributed by atoms with Crippen molar-refractivity contribution >= 4 is 26.8 Å². The van der Waals surface area contributed by atoms with Crippen molar-refractivity contribution < 1.29 is 13.2 Å². The first-order chi connectivity index (χ1) is 13.5. The average molecular weight is 398 g/mol. The van der Waals surface area contributed by atoms with Crippen LogP contribution in [0.2, 0.25) is 0 Å². The standard InChI is InChI=1S/C20H22N4O3S/c1-2-23(18-8-9-28(26,27)14-18)20(25)17-10-16-12-22-24(19(16)21-11-17)13-15-6-4-3-5-7-15/h3-7,10-12,18H,2,8-9,13-14H2,1H3. The van der Waals surface area contributed by atoms with Crippen molar-refractivity contribution in [1.82, 2.24) is 19.7 Å². The Kier molecular flexibility index (Phi) is 4.89. The Morgan fingerprint density at radius 2 is 2.04 bits per heavy atom. The minimum absolute atomic E-state index is 0.0389. The number of pyridine rings is 1. The fourth-order valence-corrected chi connectivity index (χ4v) is 5.45. The molecule has 0 aliphatic carbocycles. The molecule has 28 heavy (non-hydrogen) atoms. The predicted octanol–water partition coefficient (Wildman–Crippen LogP) is 2.13. The molecule has 1 unspecified atom stereocenters. The fourth-order valence-electron chi connectivity index (χ4n) is 3.72. The van der Waals surface area contributed by atoms with E-state index in [0.717, 1.165) is 10.9 Å². The molecule has 1 atom stereocenters. The van der Waals surface area contributed by atoms with Crippen LogP contribution in [0.3, 0.4) is 0 Å². The maximum Gasteiger partial charge on any atom is 0.255 e. The van der Waals surface area contributed by atoms with Crippen molar-refractivity contribution in [3.05, 3.63) is 59.9 Å². The van der Waals surface area contributed by atoms with Gasteiger partial charge in [0.05, 0.1) is 29.8 Å². The number of aromatic nitrogens is 3. The van der Waals surface area contributed by atoms with Gasteiger partial charge in [-0.2, -0.15) is 5.10 Å². The fraction of sp³-hybridized carbons (Fsp3) is 0.350. The van der Waals surface area contributed by atoms with Crippen LogP contribution in [-0.2, 0) is 16.4 Å². The summed E-state index contributed by atoms with van der Waals surface area (Å²) >= 11 is 0. The number of nitrogens with zero attached hydrogens (tertiary/aromatic N) is 4. The average Bonchev–Trinajstić information content (AvgIpc) is 3.25. The van der Waals surface area contributed by atoms with E-state index in [2.05, 4.69) is 10.1 Å². The molecule has 3 heterocycles. The van der Waals surface area contributed by atoms with E-state index in [0.29, 0.717) is 30.7 Å². The lowest BCUT2D eigenvalue weighted by atomic mass is 10.1. The van der Waals surface area contributed by atoms with Gasteiger partial charge in [0, 0.05) is 24.2 Å². The van der Waals surface area contributed by atoms with Crippen LogP contribution in [-0.4, -0.2) is 58.1 Å². The molecule has 0 radical (unpaired) electrons. The number of amides is 1. The minimum atomic E-state index is -3.05. The molecular weight excluding hydrogens is 376 g/mol. The molecule has 4 rings (SSSR count). The molecule has 7 nitrogen and oxygen atoms in total. The quantitative estimate of drug-likeness (QED) is 0.657. The summed E-state index contributed by atoms with van der Waals surface area (Å²) in [5.74, 6) is -0.00257. The first kappa shape index (κ1) is 18.6. The van der Waals surface area contributed by atoms with Crippen molar-refractivity contribution in [1.29, 1.82) is 0 Å². The van der Waals surface area contributed by atoms with Gasteiger partial charge in [0.1, 0.15) is 0 Å². The lowest BCUT2D eigenvalue weighted by molar-refractivity contribution is 0.0708. The molecule has 1 saturated heterocycles. The molecule has 0 N–H and O–H groups in total. The van der Waals surface area contributed by atoms with Gasteiger partial charge in [-0.15, -0.1) is 0 Å². The highest BCUT2D eigenvalue weighted by Crippen LogP contribution is 2.21. The first-order valence-corrected chi connectivity index (χ1v) is 11.2. The van der Waals surface area contributed by atoms with Gasteiger partial charge in [0.15, 0.2) is 15.5 Å². The Bertz CT molecular complexity index is 1110. The summed E-state index contributed by atoms with van der Waals surface area (Å²) in [7, 11) is -3.05. The van der Waals surface area contributed by atoms with E-state index in [9.17, 15) is 13.2 Å². The van der Waals surface area contributed by atoms with E-state index >= 15 is 0 Å². The molecule has 0 spiro atoms. The smallest absolute Gasteiger partial charge is 0.255 e. The van der Waals surface area contributed by atoms with Crippen molar-refractivity contribution in [2.24, 2.45) is 0 Å². The van der Waals surface area contributed by atoms with Crippen LogP contribution in [0.1, 0.15) is 29.3 Å². The minimum Gasteiger partial charge on any atom is -0.335 e. The number of rotatable bonds is 5. The molecule has 2 aromatic heterocycles. The Morgan fingerprint density at radius 3 is 2.71 bits per heavy atom. The third-order valence-corrected chi connectivity index (χ3v) is 6.90. The lowest BCUT2D eigenvalue weighted by Crippen LogP contribution is -2.41. The Morgan fingerprint density at radius 1 is 1.25 bits per heavy atom. The molecule has 1 aliphatic rings. The summed E-state index contributed by atoms with van der Waals surface area (Å²) in [6.07, 6.45) is 3.75. The predicted molar refractivity (Wildman–Crippen MR) is 107 cm³/mol. The maximum absolute atomic E-state index is 13.0. The summed E-state index contributed by atoms with van der Waals surface area (Å²) in [5, 5.41) is 5.19. The number of hydrogen-bond donors (Lipinski definition) is 0. The van der Waals surface area contributed by atoms with E-state index in [-0.39, 0.29) is 23.5 Å². The second kappa shape index (κ2) is 7.35. The van der Waals surface area contributed by atoms with Gasteiger partial charge >= 0.3 is 0 Å². The van der Waals surface area contributed by atoms with Crippen LogP contribution in [0.15, 0.2) is 48.8 Å². The molecule has 0 bridgehead atoms. The van der Waals surface area contributed by atoms with Gasteiger partial charge in [0.2, 0.25) is 0 Å². The molecule has 1 amide bonds. The second-order valence-corrected chi connectivity index (χ2v) is 9.30. The maximum atomic E-state index is 13.0. The zero-order chi connectivity index (χ0) is 19.7. The van der Waals surface area contributed by atoms with Crippen LogP contribution in [0.5, 0.6) is 0 Å². The normalized spacial score (nSPS) is 18.4. The van der Waals surface area contributed by atoms with Gasteiger partial charge in [-0.3, -0.25) is 4.79 Å². The summed E-state index contributed by atoms with van der Waals surface area (Å²) in [6.45, 7) is 2.93. The number of carbonyl (C=O) groups excluding carboxylic acids is 1. The Hall–Kier alpha value is -2.74. The van der Waals surface area contributed by atoms with Crippen molar-refractivity contribution in [3.63, 3.8) is 0 Å². The monoisotopic (exact) mass is 398 g/mol. The highest BCUT2D eigenvalue weighted by Gasteiger charge is 2.34. The SMILES string of the molecule is CCN(C(=O)c1cnc2c(cnn2Cc2ccccc2)c1)C1CCS(=O)(=O)C1. The third kappa shape index (κ3) is 3.64. The summed E-state index contributed by atoms with van der Waals surface area (Å²) in [6, 6.07) is 11.5. The molecule has 0 saturated carbocycles. The van der Waals surface area contributed by atoms with E-state index in [1.807, 2.05) is 37.3 Å². The summed E-state index contributed by atoms with van der Waals surface area (Å²) in [5.41, 5.74) is 2.29. The zero-order valence-electron chi connectivity index (χ0n) is 15.7. The topological polar surface area (TPSA) is 85.2 Å². The van der Waals surface area contributed by atoms with Crippen molar-refractivity contribution in [2.45, 2.75) is 25.9 Å². The van der Waals surface area contributed by atoms with Gasteiger partial charge in [-0.1, -0.05) is 30.3 Å². The van der Waals surface area contributed by atoms with Gasteiger partial charge in [0.25, 0.3) is 5.91 Å². The zero-order valence-corrected chi connectivity index (χ0v) is 16.5. The number of hydrogen-bond acceptors (Lipinski definition) is 5. The molecule has 3 aromatic rings. The van der Waals surface area contributed by atoms with E-state index in [1.165, 1.54) is 0 Å². The van der Waals surface area contributed by atoms with Gasteiger partial charge in [-0.05, 0) is 25.0 Å². The number of sulfone groups is 1. The van der Waals surface area contributed by atoms with Crippen LogP contribution >= 0.6 is 0 Å². The van der Waals surface area contributed by atoms with Crippen LogP contribution < -0.4 is 0 Å². The number of benzene rings is 1. The van der Waals surface area contributed by atoms with Crippen molar-refractivity contribution in [2.75, 3.05) is 18.1 Å². The van der Waals surface area contributed by atoms with Crippen LogP contribution in [0, 0.1) is 0 Å². The summed E-state index contributed by atoms with van der Waals surface area (Å²) in [4.78, 5) is 19.1. The number of fused-ring (bicyclic) bond motifs is 1. The highest BCUT2D eigenvalue weighted by atomic mass is 32.2. The third-order valence-electron chi connectivity index (χ3n) is 5.15. The molecular formula is C20H22N4O3S. The molecule has 1 aromatic carbocycles. The highest BCUT2D eigenvalue weighted by molar-refractivity contribution is 7.91. The largest absolute Gasteiger partial charge is 0.335 e. The van der Waals surface area contributed by atoms with Crippen molar-refractivity contribution in [3.8, 4) is 0 Å². The summed E-state index contributed by atoms with van der Waals surface area (Å²) < 4.78 is 25.4.